The Morgan fingerprint density at radius 1 is 1.33 bits per heavy atom. The van der Waals surface area contributed by atoms with Crippen molar-refractivity contribution >= 4 is 11.6 Å². The third-order valence-corrected chi connectivity index (χ3v) is 4.45. The van der Waals surface area contributed by atoms with Crippen LogP contribution < -0.4 is 0 Å². The lowest BCUT2D eigenvalue weighted by atomic mass is 10.0. The van der Waals surface area contributed by atoms with Crippen LogP contribution in [0.4, 0.5) is 4.39 Å². The smallest absolute Gasteiger partial charge is 0.266 e. The molecule has 0 unspecified atom stereocenters. The summed E-state index contributed by atoms with van der Waals surface area (Å²) in [4.78, 5) is 19.5. The SMILES string of the molecule is CN(C[C@@H]1CCCCO1)C(=O)[C@H]1CC(Cc2ccc(F)cc2)=NO1. The Hall–Kier alpha value is -1.95. The van der Waals surface area contributed by atoms with Crippen LogP contribution in [0, 0.1) is 5.82 Å². The first-order valence-electron chi connectivity index (χ1n) is 8.44. The normalized spacial score (nSPS) is 23.5. The zero-order chi connectivity index (χ0) is 16.9. The lowest BCUT2D eigenvalue weighted by molar-refractivity contribution is -0.143. The highest BCUT2D eigenvalue weighted by Gasteiger charge is 2.31. The Bertz CT molecular complexity index is 597. The van der Waals surface area contributed by atoms with Gasteiger partial charge in [-0.3, -0.25) is 4.79 Å². The van der Waals surface area contributed by atoms with Crippen molar-refractivity contribution in [2.45, 2.75) is 44.3 Å². The maximum Gasteiger partial charge on any atom is 0.266 e. The first-order chi connectivity index (χ1) is 11.6. The van der Waals surface area contributed by atoms with Crippen molar-refractivity contribution in [1.29, 1.82) is 0 Å². The highest BCUT2D eigenvalue weighted by Crippen LogP contribution is 2.18. The Labute approximate surface area is 141 Å². The van der Waals surface area contributed by atoms with E-state index < -0.39 is 6.10 Å². The summed E-state index contributed by atoms with van der Waals surface area (Å²) in [6.45, 7) is 1.36. The fourth-order valence-electron chi connectivity index (χ4n) is 3.09. The van der Waals surface area contributed by atoms with Gasteiger partial charge < -0.3 is 14.5 Å². The number of hydrogen-bond acceptors (Lipinski definition) is 4. The summed E-state index contributed by atoms with van der Waals surface area (Å²) in [6.07, 6.45) is 3.85. The zero-order valence-corrected chi connectivity index (χ0v) is 13.9. The summed E-state index contributed by atoms with van der Waals surface area (Å²) < 4.78 is 18.6. The molecule has 0 bridgehead atoms. The molecule has 2 atom stereocenters. The molecule has 2 aliphatic heterocycles. The van der Waals surface area contributed by atoms with Crippen LogP contribution in [-0.2, 0) is 20.8 Å². The number of hydrogen-bond donors (Lipinski definition) is 0. The summed E-state index contributed by atoms with van der Waals surface area (Å²) in [6, 6.07) is 6.29. The van der Waals surface area contributed by atoms with Crippen LogP contribution in [0.5, 0.6) is 0 Å². The first kappa shape index (κ1) is 16.9. The van der Waals surface area contributed by atoms with Crippen LogP contribution in [0.3, 0.4) is 0 Å². The minimum absolute atomic E-state index is 0.0676. The third kappa shape index (κ3) is 4.32. The van der Waals surface area contributed by atoms with Gasteiger partial charge in [-0.1, -0.05) is 17.3 Å². The van der Waals surface area contributed by atoms with Gasteiger partial charge in [0.25, 0.3) is 5.91 Å². The monoisotopic (exact) mass is 334 g/mol. The van der Waals surface area contributed by atoms with Gasteiger partial charge in [-0.15, -0.1) is 0 Å². The molecule has 0 aliphatic carbocycles. The van der Waals surface area contributed by atoms with Crippen LogP contribution >= 0.6 is 0 Å². The van der Waals surface area contributed by atoms with E-state index in [1.54, 1.807) is 24.1 Å². The van der Waals surface area contributed by atoms with E-state index in [-0.39, 0.29) is 17.8 Å². The first-order valence-corrected chi connectivity index (χ1v) is 8.44. The van der Waals surface area contributed by atoms with Crippen molar-refractivity contribution in [1.82, 2.24) is 4.90 Å². The number of carbonyl (C=O) groups excluding carboxylic acids is 1. The number of benzene rings is 1. The minimum atomic E-state index is -0.561. The number of oxime groups is 1. The van der Waals surface area contributed by atoms with Crippen molar-refractivity contribution in [3.63, 3.8) is 0 Å². The number of nitrogens with zero attached hydrogens (tertiary/aromatic N) is 2. The second-order valence-corrected chi connectivity index (χ2v) is 6.47. The molecule has 1 fully saturated rings. The van der Waals surface area contributed by atoms with E-state index in [9.17, 15) is 9.18 Å². The molecular formula is C18H23FN2O3. The lowest BCUT2D eigenvalue weighted by Crippen LogP contribution is -2.42. The second kappa shape index (κ2) is 7.75. The number of rotatable bonds is 5. The molecule has 2 heterocycles. The predicted molar refractivity (Wildman–Crippen MR) is 88.3 cm³/mol. The molecule has 2 aliphatic rings. The highest BCUT2D eigenvalue weighted by molar-refractivity contribution is 5.93. The van der Waals surface area contributed by atoms with Crippen LogP contribution in [0.25, 0.3) is 0 Å². The van der Waals surface area contributed by atoms with Gasteiger partial charge in [-0.25, -0.2) is 4.39 Å². The predicted octanol–water partition coefficient (Wildman–Crippen LogP) is 2.54. The number of carbonyl (C=O) groups is 1. The van der Waals surface area contributed by atoms with Gasteiger partial charge in [-0.2, -0.15) is 0 Å². The maximum atomic E-state index is 12.9. The number of halogens is 1. The fourth-order valence-corrected chi connectivity index (χ4v) is 3.09. The molecule has 1 aromatic rings. The molecule has 1 saturated heterocycles. The summed E-state index contributed by atoms with van der Waals surface area (Å²) in [7, 11) is 1.78. The molecule has 0 saturated carbocycles. The second-order valence-electron chi connectivity index (χ2n) is 6.47. The average Bonchev–Trinajstić information content (AvgIpc) is 3.05. The molecule has 1 aromatic carbocycles. The molecule has 0 N–H and O–H groups in total. The van der Waals surface area contributed by atoms with E-state index >= 15 is 0 Å². The van der Waals surface area contributed by atoms with E-state index in [0.717, 1.165) is 37.1 Å². The zero-order valence-electron chi connectivity index (χ0n) is 13.9. The van der Waals surface area contributed by atoms with E-state index in [0.29, 0.717) is 19.4 Å². The van der Waals surface area contributed by atoms with Crippen LogP contribution in [0.1, 0.15) is 31.2 Å². The molecule has 5 nitrogen and oxygen atoms in total. The molecule has 130 valence electrons. The van der Waals surface area contributed by atoms with Crippen LogP contribution in [-0.4, -0.2) is 48.9 Å². The van der Waals surface area contributed by atoms with E-state index in [2.05, 4.69) is 5.16 Å². The molecule has 6 heteroatoms. The van der Waals surface area contributed by atoms with Crippen molar-refractivity contribution in [3.8, 4) is 0 Å². The van der Waals surface area contributed by atoms with Gasteiger partial charge in [0.2, 0.25) is 6.10 Å². The summed E-state index contributed by atoms with van der Waals surface area (Å²) >= 11 is 0. The summed E-state index contributed by atoms with van der Waals surface area (Å²) in [5.74, 6) is -0.329. The minimum Gasteiger partial charge on any atom is -0.382 e. The Balaban J connectivity index is 1.48. The van der Waals surface area contributed by atoms with Gasteiger partial charge in [-0.05, 0) is 37.0 Å². The van der Waals surface area contributed by atoms with Gasteiger partial charge in [0.15, 0.2) is 0 Å². The Kier molecular flexibility index (Phi) is 5.45. The van der Waals surface area contributed by atoms with E-state index in [1.807, 2.05) is 0 Å². The summed E-state index contributed by atoms with van der Waals surface area (Å²) in [5, 5.41) is 4.03. The molecule has 0 spiro atoms. The number of likely N-dealkylation sites (N-methyl/N-ethyl adjacent to an activating group) is 1. The molecule has 24 heavy (non-hydrogen) atoms. The molecular weight excluding hydrogens is 311 g/mol. The van der Waals surface area contributed by atoms with Crippen molar-refractivity contribution in [3.05, 3.63) is 35.6 Å². The highest BCUT2D eigenvalue weighted by atomic mass is 19.1. The Morgan fingerprint density at radius 2 is 2.12 bits per heavy atom. The van der Waals surface area contributed by atoms with Gasteiger partial charge >= 0.3 is 0 Å². The van der Waals surface area contributed by atoms with Crippen molar-refractivity contribution < 1.29 is 18.8 Å². The van der Waals surface area contributed by atoms with Gasteiger partial charge in [0.1, 0.15) is 5.82 Å². The number of ether oxygens (including phenoxy) is 1. The van der Waals surface area contributed by atoms with E-state index in [1.165, 1.54) is 12.1 Å². The average molecular weight is 334 g/mol. The largest absolute Gasteiger partial charge is 0.382 e. The molecule has 3 rings (SSSR count). The van der Waals surface area contributed by atoms with E-state index in [4.69, 9.17) is 9.57 Å². The maximum absolute atomic E-state index is 12.9. The number of amides is 1. The summed E-state index contributed by atoms with van der Waals surface area (Å²) in [5.41, 5.74) is 1.76. The molecule has 0 aromatic heterocycles. The van der Waals surface area contributed by atoms with Crippen molar-refractivity contribution in [2.75, 3.05) is 20.2 Å². The molecule has 1 amide bonds. The Morgan fingerprint density at radius 3 is 2.83 bits per heavy atom. The fraction of sp³-hybridized carbons (Fsp3) is 0.556. The standard InChI is InChI=1S/C18H23FN2O3/c1-21(12-16-4-2-3-9-23-16)18(22)17-11-15(20-24-17)10-13-5-7-14(19)8-6-13/h5-8,16-17H,2-4,9-12H2,1H3/t16-,17+/m0/s1. The lowest BCUT2D eigenvalue weighted by Gasteiger charge is -2.28. The van der Waals surface area contributed by atoms with Crippen LogP contribution in [0.2, 0.25) is 0 Å². The van der Waals surface area contributed by atoms with Crippen LogP contribution in [0.15, 0.2) is 29.4 Å². The topological polar surface area (TPSA) is 51.1 Å². The van der Waals surface area contributed by atoms with Gasteiger partial charge in [0.05, 0.1) is 11.8 Å². The quantitative estimate of drug-likeness (QED) is 0.831. The third-order valence-electron chi connectivity index (χ3n) is 4.45. The molecule has 0 radical (unpaired) electrons. The van der Waals surface area contributed by atoms with Crippen molar-refractivity contribution in [2.24, 2.45) is 5.16 Å². The van der Waals surface area contributed by atoms with Gasteiger partial charge in [0, 0.05) is 33.0 Å².